The first kappa shape index (κ1) is 23.3. The van der Waals surface area contributed by atoms with Crippen molar-refractivity contribution in [2.45, 2.75) is 19.6 Å². The monoisotopic (exact) mass is 477 g/mol. The molecule has 4 aromatic rings. The molecule has 8 nitrogen and oxygen atoms in total. The molecule has 0 aliphatic carbocycles. The Morgan fingerprint density at radius 3 is 2.65 bits per heavy atom. The number of hydrogen-bond donors (Lipinski definition) is 1. The standard InChI is InChI=1S/C25H24ClN5O3/c1-16(25(32)31(2)3)34-22-9-6-8-20-23(22)24(29-15-28-20)30-17-10-11-21(19(26)13-17)33-14-18-7-4-5-12-27-18/h4-13,15-16H,14H2,1-3H3,(H,28,29,30)/t16-/m0/s1. The number of amides is 1. The van der Waals surface area contributed by atoms with Crippen LogP contribution in [0.4, 0.5) is 11.5 Å². The smallest absolute Gasteiger partial charge is 0.262 e. The van der Waals surface area contributed by atoms with Crippen LogP contribution in [0.1, 0.15) is 12.6 Å². The van der Waals surface area contributed by atoms with Crippen molar-refractivity contribution in [2.75, 3.05) is 19.4 Å². The van der Waals surface area contributed by atoms with E-state index >= 15 is 0 Å². The molecule has 0 bridgehead atoms. The number of hydrogen-bond acceptors (Lipinski definition) is 7. The first-order valence-electron chi connectivity index (χ1n) is 10.6. The van der Waals surface area contributed by atoms with Crippen LogP contribution in [0.3, 0.4) is 0 Å². The van der Waals surface area contributed by atoms with E-state index in [1.165, 1.54) is 11.2 Å². The maximum atomic E-state index is 12.3. The number of fused-ring (bicyclic) bond motifs is 1. The van der Waals surface area contributed by atoms with Crippen LogP contribution in [0.25, 0.3) is 10.9 Å². The predicted molar refractivity (Wildman–Crippen MR) is 132 cm³/mol. The Morgan fingerprint density at radius 1 is 1.06 bits per heavy atom. The van der Waals surface area contributed by atoms with Crippen molar-refractivity contribution in [1.82, 2.24) is 19.9 Å². The average Bonchev–Trinajstić information content (AvgIpc) is 2.84. The van der Waals surface area contributed by atoms with Gasteiger partial charge in [0.1, 0.15) is 30.3 Å². The number of nitrogens with one attached hydrogen (secondary N) is 1. The normalized spacial score (nSPS) is 11.6. The molecule has 34 heavy (non-hydrogen) atoms. The largest absolute Gasteiger partial charge is 0.486 e. The van der Waals surface area contributed by atoms with Crippen molar-refractivity contribution in [3.8, 4) is 11.5 Å². The second kappa shape index (κ2) is 10.4. The van der Waals surface area contributed by atoms with E-state index in [0.717, 1.165) is 5.69 Å². The molecular formula is C25H24ClN5O3. The summed E-state index contributed by atoms with van der Waals surface area (Å²) in [6, 6.07) is 16.5. The number of pyridine rings is 1. The number of anilines is 2. The highest BCUT2D eigenvalue weighted by molar-refractivity contribution is 6.32. The average molecular weight is 478 g/mol. The molecule has 0 aliphatic heterocycles. The molecule has 0 spiro atoms. The van der Waals surface area contributed by atoms with Crippen LogP contribution in [0.15, 0.2) is 67.1 Å². The second-order valence-corrected chi connectivity index (χ2v) is 8.15. The zero-order valence-corrected chi connectivity index (χ0v) is 19.8. The van der Waals surface area contributed by atoms with E-state index in [1.807, 2.05) is 36.4 Å². The van der Waals surface area contributed by atoms with Gasteiger partial charge in [0.2, 0.25) is 0 Å². The van der Waals surface area contributed by atoms with Crippen molar-refractivity contribution in [2.24, 2.45) is 0 Å². The van der Waals surface area contributed by atoms with Crippen LogP contribution in [-0.2, 0) is 11.4 Å². The van der Waals surface area contributed by atoms with E-state index in [4.69, 9.17) is 21.1 Å². The summed E-state index contributed by atoms with van der Waals surface area (Å²) in [5.41, 5.74) is 2.20. The molecule has 9 heteroatoms. The van der Waals surface area contributed by atoms with Gasteiger partial charge in [-0.2, -0.15) is 0 Å². The summed E-state index contributed by atoms with van der Waals surface area (Å²) in [7, 11) is 3.38. The zero-order valence-electron chi connectivity index (χ0n) is 19.0. The lowest BCUT2D eigenvalue weighted by molar-refractivity contribution is -0.135. The van der Waals surface area contributed by atoms with Gasteiger partial charge in [0.25, 0.3) is 5.91 Å². The maximum Gasteiger partial charge on any atom is 0.262 e. The SMILES string of the molecule is C[C@H](Oc1cccc2ncnc(Nc3ccc(OCc4ccccn4)c(Cl)c3)c12)C(=O)N(C)C. The Kier molecular flexibility index (Phi) is 7.08. The van der Waals surface area contributed by atoms with Gasteiger partial charge in [-0.05, 0) is 49.4 Å². The van der Waals surface area contributed by atoms with Crippen LogP contribution in [0.5, 0.6) is 11.5 Å². The molecule has 0 unspecified atom stereocenters. The quantitative estimate of drug-likeness (QED) is 0.387. The van der Waals surface area contributed by atoms with Crippen LogP contribution in [0, 0.1) is 0 Å². The number of carbonyl (C=O) groups excluding carboxylic acids is 1. The molecule has 0 fully saturated rings. The van der Waals surface area contributed by atoms with Crippen molar-refractivity contribution in [3.63, 3.8) is 0 Å². The van der Waals surface area contributed by atoms with E-state index in [0.29, 0.717) is 45.5 Å². The fourth-order valence-corrected chi connectivity index (χ4v) is 3.58. The van der Waals surface area contributed by atoms with Gasteiger partial charge < -0.3 is 19.7 Å². The summed E-state index contributed by atoms with van der Waals surface area (Å²) in [5, 5.41) is 4.38. The number of carbonyl (C=O) groups is 1. The summed E-state index contributed by atoms with van der Waals surface area (Å²) < 4.78 is 11.8. The fourth-order valence-electron chi connectivity index (χ4n) is 3.34. The molecule has 1 atom stereocenters. The molecule has 1 amide bonds. The van der Waals surface area contributed by atoms with E-state index < -0.39 is 6.10 Å². The summed E-state index contributed by atoms with van der Waals surface area (Å²) in [6.07, 6.45) is 2.52. The Bertz CT molecular complexity index is 1300. The van der Waals surface area contributed by atoms with Gasteiger partial charge in [-0.15, -0.1) is 0 Å². The summed E-state index contributed by atoms with van der Waals surface area (Å²) in [5.74, 6) is 1.44. The Balaban J connectivity index is 1.57. The molecular weight excluding hydrogens is 454 g/mol. The minimum absolute atomic E-state index is 0.142. The first-order valence-corrected chi connectivity index (χ1v) is 11.0. The van der Waals surface area contributed by atoms with E-state index in [1.54, 1.807) is 45.4 Å². The third-order valence-electron chi connectivity index (χ3n) is 5.01. The Hall–Kier alpha value is -3.91. The van der Waals surface area contributed by atoms with E-state index in [9.17, 15) is 4.79 Å². The summed E-state index contributed by atoms with van der Waals surface area (Å²) in [4.78, 5) is 26.8. The van der Waals surface area contributed by atoms with Gasteiger partial charge >= 0.3 is 0 Å². The molecule has 0 saturated carbocycles. The maximum absolute atomic E-state index is 12.3. The van der Waals surface area contributed by atoms with Gasteiger partial charge in [-0.3, -0.25) is 9.78 Å². The van der Waals surface area contributed by atoms with Gasteiger partial charge in [0.05, 0.1) is 21.6 Å². The van der Waals surface area contributed by atoms with E-state index in [2.05, 4.69) is 20.3 Å². The third-order valence-corrected chi connectivity index (χ3v) is 5.31. The number of halogens is 1. The lowest BCUT2D eigenvalue weighted by Crippen LogP contribution is -2.35. The van der Waals surface area contributed by atoms with Gasteiger partial charge in [0.15, 0.2) is 6.10 Å². The fraction of sp³-hybridized carbons (Fsp3) is 0.200. The summed E-state index contributed by atoms with van der Waals surface area (Å²) in [6.45, 7) is 2.02. The highest BCUT2D eigenvalue weighted by Gasteiger charge is 2.19. The Morgan fingerprint density at radius 2 is 1.91 bits per heavy atom. The Labute approximate surface area is 202 Å². The molecule has 2 aromatic heterocycles. The highest BCUT2D eigenvalue weighted by Crippen LogP contribution is 2.34. The van der Waals surface area contributed by atoms with E-state index in [-0.39, 0.29) is 5.91 Å². The highest BCUT2D eigenvalue weighted by atomic mass is 35.5. The lowest BCUT2D eigenvalue weighted by atomic mass is 10.2. The van der Waals surface area contributed by atoms with Crippen LogP contribution < -0.4 is 14.8 Å². The minimum Gasteiger partial charge on any atom is -0.486 e. The molecule has 174 valence electrons. The van der Waals surface area contributed by atoms with Gasteiger partial charge in [0, 0.05) is 26.0 Å². The molecule has 1 N–H and O–H groups in total. The zero-order chi connectivity index (χ0) is 24.1. The number of ether oxygens (including phenoxy) is 2. The number of aromatic nitrogens is 3. The van der Waals surface area contributed by atoms with Gasteiger partial charge in [-0.25, -0.2) is 9.97 Å². The van der Waals surface area contributed by atoms with Gasteiger partial charge in [-0.1, -0.05) is 23.7 Å². The van der Waals surface area contributed by atoms with Crippen LogP contribution in [0.2, 0.25) is 5.02 Å². The van der Waals surface area contributed by atoms with Crippen molar-refractivity contribution in [1.29, 1.82) is 0 Å². The van der Waals surface area contributed by atoms with Crippen LogP contribution >= 0.6 is 11.6 Å². The topological polar surface area (TPSA) is 89.5 Å². The number of likely N-dealkylation sites (N-methyl/N-ethyl adjacent to an activating group) is 1. The molecule has 4 rings (SSSR count). The molecule has 0 radical (unpaired) electrons. The molecule has 2 heterocycles. The number of nitrogens with zero attached hydrogens (tertiary/aromatic N) is 4. The summed E-state index contributed by atoms with van der Waals surface area (Å²) >= 11 is 6.46. The minimum atomic E-state index is -0.668. The first-order chi connectivity index (χ1) is 16.4. The second-order valence-electron chi connectivity index (χ2n) is 7.75. The molecule has 2 aromatic carbocycles. The van der Waals surface area contributed by atoms with Crippen molar-refractivity contribution in [3.05, 3.63) is 77.8 Å². The number of rotatable bonds is 8. The van der Waals surface area contributed by atoms with Crippen molar-refractivity contribution < 1.29 is 14.3 Å². The molecule has 0 aliphatic rings. The molecule has 0 saturated heterocycles. The predicted octanol–water partition coefficient (Wildman–Crippen LogP) is 4.86. The van der Waals surface area contributed by atoms with Crippen LogP contribution in [-0.4, -0.2) is 46.0 Å². The number of benzene rings is 2. The van der Waals surface area contributed by atoms with Crippen molar-refractivity contribution >= 4 is 39.9 Å². The lowest BCUT2D eigenvalue weighted by Gasteiger charge is -2.20. The third kappa shape index (κ3) is 5.35.